The summed E-state index contributed by atoms with van der Waals surface area (Å²) in [6.07, 6.45) is 0. The average Bonchev–Trinajstić information content (AvgIpc) is 2.89. The lowest BCUT2D eigenvalue weighted by Gasteiger charge is -2.06. The van der Waals surface area contributed by atoms with Crippen molar-refractivity contribution < 1.29 is 9.66 Å². The van der Waals surface area contributed by atoms with Gasteiger partial charge in [-0.1, -0.05) is 23.1 Å². The van der Waals surface area contributed by atoms with Crippen LogP contribution in [0.1, 0.15) is 5.56 Å². The number of hydrogen-bond acceptors (Lipinski definition) is 7. The molecule has 1 heterocycles. The van der Waals surface area contributed by atoms with E-state index in [1.165, 1.54) is 35.2 Å². The van der Waals surface area contributed by atoms with Crippen molar-refractivity contribution in [3.05, 3.63) is 39.4 Å². The van der Waals surface area contributed by atoms with Crippen molar-refractivity contribution in [3.8, 4) is 5.75 Å². The van der Waals surface area contributed by atoms with Crippen molar-refractivity contribution in [1.82, 2.24) is 10.2 Å². The summed E-state index contributed by atoms with van der Waals surface area (Å²) in [5.74, 6) is 1.19. The smallest absolute Gasteiger partial charge is 0.270 e. The summed E-state index contributed by atoms with van der Waals surface area (Å²) in [4.78, 5) is 10.3. The molecule has 0 unspecified atom stereocenters. The number of thioether (sulfide) groups is 1. The van der Waals surface area contributed by atoms with E-state index in [-0.39, 0.29) is 5.69 Å². The van der Waals surface area contributed by atoms with Gasteiger partial charge in [0, 0.05) is 23.4 Å². The highest BCUT2D eigenvalue weighted by Gasteiger charge is 2.12. The van der Waals surface area contributed by atoms with Gasteiger partial charge in [-0.2, -0.15) is 0 Å². The fourth-order valence-corrected chi connectivity index (χ4v) is 2.82. The van der Waals surface area contributed by atoms with E-state index in [0.29, 0.717) is 11.5 Å². The van der Waals surface area contributed by atoms with Crippen LogP contribution in [0.2, 0.25) is 0 Å². The third-order valence-corrected chi connectivity index (χ3v) is 4.08. The molecule has 18 heavy (non-hydrogen) atoms. The zero-order chi connectivity index (χ0) is 13.0. The van der Waals surface area contributed by atoms with Gasteiger partial charge < -0.3 is 4.74 Å². The minimum Gasteiger partial charge on any atom is -0.496 e. The van der Waals surface area contributed by atoms with E-state index in [9.17, 15) is 10.1 Å². The Morgan fingerprint density at radius 3 is 3.00 bits per heavy atom. The molecule has 0 fully saturated rings. The molecule has 2 rings (SSSR count). The van der Waals surface area contributed by atoms with Crippen LogP contribution in [0.15, 0.2) is 28.0 Å². The highest BCUT2D eigenvalue weighted by molar-refractivity contribution is 8.00. The number of non-ortho nitro benzene ring substituents is 1. The number of methoxy groups -OCH3 is 1. The van der Waals surface area contributed by atoms with Crippen LogP contribution in [0.25, 0.3) is 0 Å². The summed E-state index contributed by atoms with van der Waals surface area (Å²) in [5, 5.41) is 18.4. The Morgan fingerprint density at radius 1 is 1.56 bits per heavy atom. The number of rotatable bonds is 5. The molecule has 0 bridgehead atoms. The Kier molecular flexibility index (Phi) is 4.11. The minimum absolute atomic E-state index is 0.0589. The SMILES string of the molecule is COc1ccc([N+](=O)[O-])cc1CSc1nncs1. The van der Waals surface area contributed by atoms with Crippen LogP contribution in [-0.4, -0.2) is 22.2 Å². The molecule has 2 aromatic rings. The summed E-state index contributed by atoms with van der Waals surface area (Å²) in [6.45, 7) is 0. The van der Waals surface area contributed by atoms with Gasteiger partial charge in [-0.05, 0) is 6.07 Å². The first-order valence-electron chi connectivity index (χ1n) is 4.91. The molecule has 0 radical (unpaired) electrons. The lowest BCUT2D eigenvalue weighted by Crippen LogP contribution is -1.94. The van der Waals surface area contributed by atoms with Gasteiger partial charge in [0.25, 0.3) is 5.69 Å². The molecule has 8 heteroatoms. The third-order valence-electron chi connectivity index (χ3n) is 2.17. The van der Waals surface area contributed by atoms with E-state index < -0.39 is 4.92 Å². The second-order valence-corrected chi connectivity index (χ2v) is 5.30. The first kappa shape index (κ1) is 12.8. The monoisotopic (exact) mass is 283 g/mol. The number of nitro benzene ring substituents is 1. The van der Waals surface area contributed by atoms with Gasteiger partial charge in [0.1, 0.15) is 11.3 Å². The molecule has 0 aliphatic rings. The summed E-state index contributed by atoms with van der Waals surface area (Å²) in [6, 6.07) is 4.55. The number of aromatic nitrogens is 2. The molecular formula is C10H9N3O3S2. The fraction of sp³-hybridized carbons (Fsp3) is 0.200. The van der Waals surface area contributed by atoms with Crippen LogP contribution in [0.5, 0.6) is 5.75 Å². The molecule has 1 aromatic carbocycles. The van der Waals surface area contributed by atoms with Crippen LogP contribution in [0.4, 0.5) is 5.69 Å². The Hall–Kier alpha value is -1.67. The highest BCUT2D eigenvalue weighted by Crippen LogP contribution is 2.31. The normalized spacial score (nSPS) is 10.3. The molecule has 0 aliphatic carbocycles. The summed E-state index contributed by atoms with van der Waals surface area (Å²) in [7, 11) is 1.54. The van der Waals surface area contributed by atoms with E-state index in [4.69, 9.17) is 4.74 Å². The molecule has 0 aliphatic heterocycles. The van der Waals surface area contributed by atoms with Crippen molar-refractivity contribution in [3.63, 3.8) is 0 Å². The standard InChI is InChI=1S/C10H9N3O3S2/c1-16-9-3-2-8(13(14)15)4-7(9)5-17-10-12-11-6-18-10/h2-4,6H,5H2,1H3. The van der Waals surface area contributed by atoms with E-state index in [0.717, 1.165) is 9.90 Å². The minimum atomic E-state index is -0.418. The Morgan fingerprint density at radius 2 is 2.39 bits per heavy atom. The maximum atomic E-state index is 10.7. The highest BCUT2D eigenvalue weighted by atomic mass is 32.2. The van der Waals surface area contributed by atoms with Gasteiger partial charge in [-0.3, -0.25) is 10.1 Å². The van der Waals surface area contributed by atoms with Crippen LogP contribution < -0.4 is 4.74 Å². The van der Waals surface area contributed by atoms with Crippen LogP contribution in [-0.2, 0) is 5.75 Å². The first-order valence-corrected chi connectivity index (χ1v) is 6.77. The summed E-state index contributed by atoms with van der Waals surface area (Å²) < 4.78 is 6.00. The zero-order valence-corrected chi connectivity index (χ0v) is 11.0. The van der Waals surface area contributed by atoms with Crippen molar-refractivity contribution in [2.24, 2.45) is 0 Å². The van der Waals surface area contributed by atoms with Crippen LogP contribution in [0.3, 0.4) is 0 Å². The lowest BCUT2D eigenvalue weighted by atomic mass is 10.2. The van der Waals surface area contributed by atoms with Crippen LogP contribution in [0, 0.1) is 10.1 Å². The molecule has 6 nitrogen and oxygen atoms in total. The van der Waals surface area contributed by atoms with Crippen molar-refractivity contribution in [2.45, 2.75) is 10.1 Å². The molecule has 0 amide bonds. The maximum absolute atomic E-state index is 10.7. The van der Waals surface area contributed by atoms with Crippen molar-refractivity contribution in [2.75, 3.05) is 7.11 Å². The van der Waals surface area contributed by atoms with E-state index in [2.05, 4.69) is 10.2 Å². The molecule has 0 N–H and O–H groups in total. The number of nitrogens with zero attached hydrogens (tertiary/aromatic N) is 3. The van der Waals surface area contributed by atoms with Crippen molar-refractivity contribution >= 4 is 28.8 Å². The fourth-order valence-electron chi connectivity index (χ4n) is 1.36. The Balaban J connectivity index is 2.18. The first-order chi connectivity index (χ1) is 8.70. The van der Waals surface area contributed by atoms with Gasteiger partial charge in [0.15, 0.2) is 4.34 Å². The quantitative estimate of drug-likeness (QED) is 0.477. The molecule has 0 atom stereocenters. The maximum Gasteiger partial charge on any atom is 0.270 e. The van der Waals surface area contributed by atoms with Gasteiger partial charge in [-0.15, -0.1) is 10.2 Å². The van der Waals surface area contributed by atoms with E-state index in [1.807, 2.05) is 0 Å². The average molecular weight is 283 g/mol. The predicted octanol–water partition coefficient (Wildman–Crippen LogP) is 2.75. The topological polar surface area (TPSA) is 78.2 Å². The molecule has 0 saturated carbocycles. The molecule has 0 saturated heterocycles. The number of benzene rings is 1. The Bertz CT molecular complexity index is 545. The number of hydrogen-bond donors (Lipinski definition) is 0. The van der Waals surface area contributed by atoms with Crippen LogP contribution >= 0.6 is 23.1 Å². The second-order valence-electron chi connectivity index (χ2n) is 3.25. The van der Waals surface area contributed by atoms with Gasteiger partial charge >= 0.3 is 0 Å². The summed E-state index contributed by atoms with van der Waals surface area (Å²) >= 11 is 2.90. The third kappa shape index (κ3) is 2.96. The van der Waals surface area contributed by atoms with E-state index in [1.54, 1.807) is 18.7 Å². The molecule has 1 aromatic heterocycles. The number of ether oxygens (including phenoxy) is 1. The van der Waals surface area contributed by atoms with E-state index >= 15 is 0 Å². The molecule has 0 spiro atoms. The largest absolute Gasteiger partial charge is 0.496 e. The van der Waals surface area contributed by atoms with Gasteiger partial charge in [0.2, 0.25) is 0 Å². The second kappa shape index (κ2) is 5.78. The van der Waals surface area contributed by atoms with Gasteiger partial charge in [-0.25, -0.2) is 0 Å². The lowest BCUT2D eigenvalue weighted by molar-refractivity contribution is -0.384. The van der Waals surface area contributed by atoms with Gasteiger partial charge in [0.05, 0.1) is 12.0 Å². The number of nitro groups is 1. The predicted molar refractivity (Wildman–Crippen MR) is 69.1 cm³/mol. The Labute approximate surface area is 111 Å². The molecular weight excluding hydrogens is 274 g/mol. The summed E-state index contributed by atoms with van der Waals surface area (Å²) in [5.41, 5.74) is 2.48. The zero-order valence-electron chi connectivity index (χ0n) is 9.40. The molecule has 94 valence electrons. The van der Waals surface area contributed by atoms with Crippen molar-refractivity contribution in [1.29, 1.82) is 0 Å².